The first-order chi connectivity index (χ1) is 14.2. The van der Waals surface area contributed by atoms with Crippen LogP contribution in [-0.4, -0.2) is 22.8 Å². The van der Waals surface area contributed by atoms with Gasteiger partial charge in [-0.2, -0.15) is 0 Å². The maximum atomic E-state index is 12.7. The number of aromatic amines is 1. The number of urea groups is 1. The van der Waals surface area contributed by atoms with Crippen molar-refractivity contribution in [1.29, 1.82) is 0 Å². The Kier molecular flexibility index (Phi) is 4.22. The lowest BCUT2D eigenvalue weighted by Gasteiger charge is -2.10. The number of benzene rings is 2. The number of pyridine rings is 1. The first-order valence-corrected chi connectivity index (χ1v) is 9.24. The third-order valence-electron chi connectivity index (χ3n) is 4.60. The number of ether oxygens (including phenoxy) is 2. The second-order valence-electron chi connectivity index (χ2n) is 6.45. The van der Waals surface area contributed by atoms with E-state index in [1.54, 1.807) is 36.7 Å². The highest BCUT2D eigenvalue weighted by atomic mass is 35.5. The second-order valence-corrected chi connectivity index (χ2v) is 6.88. The zero-order chi connectivity index (χ0) is 19.8. The molecule has 0 fully saturated rings. The van der Waals surface area contributed by atoms with Crippen LogP contribution in [0, 0.1) is 0 Å². The number of fused-ring (bicyclic) bond motifs is 2. The predicted octanol–water partition coefficient (Wildman–Crippen LogP) is 5.26. The second kappa shape index (κ2) is 7.03. The molecule has 7 nitrogen and oxygen atoms in total. The lowest BCUT2D eigenvalue weighted by atomic mass is 10.1. The Balaban J connectivity index is 1.49. The molecule has 8 heteroatoms. The molecule has 0 aliphatic carbocycles. The van der Waals surface area contributed by atoms with Crippen molar-refractivity contribution in [3.63, 3.8) is 0 Å². The van der Waals surface area contributed by atoms with Crippen LogP contribution in [0.3, 0.4) is 0 Å². The van der Waals surface area contributed by atoms with Gasteiger partial charge in [-0.1, -0.05) is 11.6 Å². The van der Waals surface area contributed by atoms with E-state index in [0.29, 0.717) is 27.9 Å². The van der Waals surface area contributed by atoms with Crippen LogP contribution >= 0.6 is 11.6 Å². The molecule has 0 saturated heterocycles. The predicted molar refractivity (Wildman–Crippen MR) is 112 cm³/mol. The van der Waals surface area contributed by atoms with E-state index >= 15 is 0 Å². The van der Waals surface area contributed by atoms with Gasteiger partial charge in [0.1, 0.15) is 0 Å². The third-order valence-corrected chi connectivity index (χ3v) is 4.83. The summed E-state index contributed by atoms with van der Waals surface area (Å²) in [6, 6.07) is 14.1. The Hall–Kier alpha value is -3.71. The van der Waals surface area contributed by atoms with Gasteiger partial charge in [0.2, 0.25) is 6.79 Å². The largest absolute Gasteiger partial charge is 0.454 e. The summed E-state index contributed by atoms with van der Waals surface area (Å²) in [5, 5.41) is 7.16. The lowest BCUT2D eigenvalue weighted by Crippen LogP contribution is -2.19. The average Bonchev–Trinajstić information content (AvgIpc) is 3.33. The SMILES string of the molecule is O=C(Nc1ccc2c(c1)OCO2)Nc1c(-c2ccncc2)[nH]c2ccc(Cl)cc12. The molecule has 1 aliphatic heterocycles. The van der Waals surface area contributed by atoms with E-state index < -0.39 is 0 Å². The Morgan fingerprint density at radius 3 is 2.69 bits per heavy atom. The summed E-state index contributed by atoms with van der Waals surface area (Å²) in [5.41, 5.74) is 3.75. The van der Waals surface area contributed by atoms with Crippen molar-refractivity contribution >= 4 is 39.9 Å². The molecule has 4 aromatic rings. The number of hydrogen-bond donors (Lipinski definition) is 3. The number of carbonyl (C=O) groups excluding carboxylic acids is 1. The molecule has 3 N–H and O–H groups in total. The molecule has 144 valence electrons. The average molecular weight is 407 g/mol. The smallest absolute Gasteiger partial charge is 0.323 e. The quantitative estimate of drug-likeness (QED) is 0.433. The maximum absolute atomic E-state index is 12.7. The number of carbonyl (C=O) groups is 1. The Bertz CT molecular complexity index is 1220. The van der Waals surface area contributed by atoms with E-state index in [-0.39, 0.29) is 12.8 Å². The van der Waals surface area contributed by atoms with Gasteiger partial charge >= 0.3 is 6.03 Å². The van der Waals surface area contributed by atoms with Crippen molar-refractivity contribution in [2.45, 2.75) is 0 Å². The van der Waals surface area contributed by atoms with Crippen LogP contribution in [0.2, 0.25) is 5.02 Å². The number of nitrogens with zero attached hydrogens (tertiary/aromatic N) is 1. The molecule has 0 atom stereocenters. The summed E-state index contributed by atoms with van der Waals surface area (Å²) in [5.74, 6) is 1.25. The molecule has 0 saturated carbocycles. The highest BCUT2D eigenvalue weighted by Crippen LogP contribution is 2.37. The van der Waals surface area contributed by atoms with E-state index in [1.165, 1.54) is 0 Å². The highest BCUT2D eigenvalue weighted by Gasteiger charge is 2.18. The number of rotatable bonds is 3. The number of H-pyrrole nitrogens is 1. The Labute approximate surface area is 170 Å². The van der Waals surface area contributed by atoms with Crippen molar-refractivity contribution in [1.82, 2.24) is 9.97 Å². The van der Waals surface area contributed by atoms with Gasteiger partial charge in [0, 0.05) is 45.6 Å². The van der Waals surface area contributed by atoms with Crippen LogP contribution in [-0.2, 0) is 0 Å². The molecule has 29 heavy (non-hydrogen) atoms. The van der Waals surface area contributed by atoms with Crippen LogP contribution < -0.4 is 20.1 Å². The van der Waals surface area contributed by atoms with Crippen molar-refractivity contribution in [3.8, 4) is 22.8 Å². The Morgan fingerprint density at radius 2 is 1.83 bits per heavy atom. The minimum Gasteiger partial charge on any atom is -0.454 e. The van der Waals surface area contributed by atoms with Crippen molar-refractivity contribution in [2.75, 3.05) is 17.4 Å². The van der Waals surface area contributed by atoms with Crippen LogP contribution in [0.15, 0.2) is 60.9 Å². The topological polar surface area (TPSA) is 88.3 Å². The number of halogens is 1. The van der Waals surface area contributed by atoms with E-state index in [0.717, 1.165) is 22.2 Å². The molecular weight excluding hydrogens is 392 g/mol. The van der Waals surface area contributed by atoms with Crippen molar-refractivity contribution < 1.29 is 14.3 Å². The molecule has 2 amide bonds. The van der Waals surface area contributed by atoms with Crippen LogP contribution in [0.5, 0.6) is 11.5 Å². The van der Waals surface area contributed by atoms with Gasteiger partial charge in [0.15, 0.2) is 11.5 Å². The van der Waals surface area contributed by atoms with Crippen molar-refractivity contribution in [2.24, 2.45) is 0 Å². The zero-order valence-electron chi connectivity index (χ0n) is 15.0. The maximum Gasteiger partial charge on any atom is 0.323 e. The highest BCUT2D eigenvalue weighted by molar-refractivity contribution is 6.31. The first-order valence-electron chi connectivity index (χ1n) is 8.87. The molecular formula is C21H15ClN4O3. The monoisotopic (exact) mass is 406 g/mol. The van der Waals surface area contributed by atoms with E-state index in [4.69, 9.17) is 21.1 Å². The van der Waals surface area contributed by atoms with Crippen LogP contribution in [0.4, 0.5) is 16.2 Å². The standard InChI is InChI=1S/C21H15ClN4O3/c22-13-1-3-16-15(9-13)20(19(25-16)12-5-7-23-8-6-12)26-21(27)24-14-2-4-17-18(10-14)29-11-28-17/h1-10,25H,11H2,(H2,24,26,27). The number of aromatic nitrogens is 2. The lowest BCUT2D eigenvalue weighted by molar-refractivity contribution is 0.174. The van der Waals surface area contributed by atoms with Gasteiger partial charge < -0.3 is 25.1 Å². The summed E-state index contributed by atoms with van der Waals surface area (Å²) in [6.07, 6.45) is 3.40. The Morgan fingerprint density at radius 1 is 1.00 bits per heavy atom. The molecule has 5 rings (SSSR count). The molecule has 0 bridgehead atoms. The molecule has 0 unspecified atom stereocenters. The zero-order valence-corrected chi connectivity index (χ0v) is 15.8. The number of anilines is 2. The van der Waals surface area contributed by atoms with Gasteiger partial charge in [0.05, 0.1) is 11.4 Å². The molecule has 2 aromatic carbocycles. The van der Waals surface area contributed by atoms with Gasteiger partial charge in [-0.15, -0.1) is 0 Å². The van der Waals surface area contributed by atoms with E-state index in [2.05, 4.69) is 20.6 Å². The number of nitrogens with one attached hydrogen (secondary N) is 3. The summed E-state index contributed by atoms with van der Waals surface area (Å²) >= 11 is 6.19. The first kappa shape index (κ1) is 17.4. The normalized spacial score (nSPS) is 12.2. The molecule has 3 heterocycles. The van der Waals surface area contributed by atoms with Gasteiger partial charge in [-0.3, -0.25) is 4.98 Å². The van der Waals surface area contributed by atoms with E-state index in [1.807, 2.05) is 24.3 Å². The molecule has 2 aromatic heterocycles. The molecule has 1 aliphatic rings. The third kappa shape index (κ3) is 3.32. The van der Waals surface area contributed by atoms with Crippen LogP contribution in [0.25, 0.3) is 22.2 Å². The summed E-state index contributed by atoms with van der Waals surface area (Å²) in [4.78, 5) is 20.1. The fourth-order valence-corrected chi connectivity index (χ4v) is 3.45. The van der Waals surface area contributed by atoms with Gasteiger partial charge in [0.25, 0.3) is 0 Å². The number of hydrogen-bond acceptors (Lipinski definition) is 4. The van der Waals surface area contributed by atoms with E-state index in [9.17, 15) is 4.79 Å². The minimum atomic E-state index is -0.389. The van der Waals surface area contributed by atoms with Crippen molar-refractivity contribution in [3.05, 3.63) is 65.9 Å². The van der Waals surface area contributed by atoms with Crippen LogP contribution in [0.1, 0.15) is 0 Å². The number of amides is 2. The molecule has 0 radical (unpaired) electrons. The van der Waals surface area contributed by atoms with Gasteiger partial charge in [-0.05, 0) is 42.5 Å². The molecule has 0 spiro atoms. The fourth-order valence-electron chi connectivity index (χ4n) is 3.28. The summed E-state index contributed by atoms with van der Waals surface area (Å²) in [7, 11) is 0. The fraction of sp³-hybridized carbons (Fsp3) is 0.0476. The minimum absolute atomic E-state index is 0.177. The summed E-state index contributed by atoms with van der Waals surface area (Å²) < 4.78 is 10.7. The van der Waals surface area contributed by atoms with Gasteiger partial charge in [-0.25, -0.2) is 4.79 Å². The summed E-state index contributed by atoms with van der Waals surface area (Å²) in [6.45, 7) is 0.177.